The van der Waals surface area contributed by atoms with Gasteiger partial charge in [0, 0.05) is 19.3 Å². The fourth-order valence-corrected chi connectivity index (χ4v) is 9.94. The predicted octanol–water partition coefficient (Wildman–Crippen LogP) is 24.6. The maximum absolute atomic E-state index is 12.9. The van der Waals surface area contributed by atoms with Crippen molar-refractivity contribution in [3.05, 3.63) is 109 Å². The van der Waals surface area contributed by atoms with Gasteiger partial charge < -0.3 is 14.2 Å². The number of unbranched alkanes of at least 4 members (excludes halogenated alkanes) is 35. The maximum Gasteiger partial charge on any atom is 0.306 e. The molecule has 0 saturated carbocycles. The van der Waals surface area contributed by atoms with E-state index in [1.807, 2.05) is 0 Å². The van der Waals surface area contributed by atoms with Gasteiger partial charge in [0.25, 0.3) is 0 Å². The minimum absolute atomic E-state index is 0.0961. The Hall–Kier alpha value is -3.93. The van der Waals surface area contributed by atoms with Crippen molar-refractivity contribution < 1.29 is 28.6 Å². The highest BCUT2D eigenvalue weighted by Crippen LogP contribution is 2.17. The van der Waals surface area contributed by atoms with Crippen molar-refractivity contribution in [2.24, 2.45) is 0 Å². The number of carbonyl (C=O) groups excluding carboxylic acids is 3. The topological polar surface area (TPSA) is 78.9 Å². The molecule has 0 aliphatic heterocycles. The van der Waals surface area contributed by atoms with Gasteiger partial charge in [0.15, 0.2) is 6.10 Å². The zero-order chi connectivity index (χ0) is 59.9. The van der Waals surface area contributed by atoms with Crippen molar-refractivity contribution in [1.29, 1.82) is 0 Å². The number of hydrogen-bond donors (Lipinski definition) is 0. The molecular formula is C77H132O6. The second-order valence-corrected chi connectivity index (χ2v) is 23.4. The van der Waals surface area contributed by atoms with E-state index in [4.69, 9.17) is 14.2 Å². The summed E-state index contributed by atoms with van der Waals surface area (Å²) in [7, 11) is 0. The summed E-state index contributed by atoms with van der Waals surface area (Å²) in [6.45, 7) is 6.51. The summed E-state index contributed by atoms with van der Waals surface area (Å²) in [5, 5.41) is 0. The Labute approximate surface area is 514 Å². The molecule has 0 radical (unpaired) electrons. The first-order valence-corrected chi connectivity index (χ1v) is 35.4. The summed E-state index contributed by atoms with van der Waals surface area (Å²) in [6.07, 6.45) is 96.8. The first-order valence-electron chi connectivity index (χ1n) is 35.4. The van der Waals surface area contributed by atoms with Gasteiger partial charge in [-0.05, 0) is 128 Å². The number of ether oxygens (including phenoxy) is 3. The molecule has 0 bridgehead atoms. The molecule has 0 amide bonds. The Balaban J connectivity index is 4.43. The van der Waals surface area contributed by atoms with E-state index in [9.17, 15) is 14.4 Å². The third kappa shape index (κ3) is 68.7. The summed E-state index contributed by atoms with van der Waals surface area (Å²) in [5.41, 5.74) is 0. The van der Waals surface area contributed by atoms with Crippen molar-refractivity contribution in [1.82, 2.24) is 0 Å². The molecule has 0 N–H and O–H groups in total. The average Bonchev–Trinajstić information content (AvgIpc) is 3.50. The molecule has 1 unspecified atom stereocenters. The van der Waals surface area contributed by atoms with Crippen LogP contribution in [0.2, 0.25) is 0 Å². The lowest BCUT2D eigenvalue weighted by molar-refractivity contribution is -0.167. The van der Waals surface area contributed by atoms with Crippen LogP contribution in [0.3, 0.4) is 0 Å². The van der Waals surface area contributed by atoms with Crippen LogP contribution in [0.25, 0.3) is 0 Å². The molecule has 0 aromatic heterocycles. The van der Waals surface area contributed by atoms with Gasteiger partial charge in [0.2, 0.25) is 0 Å². The summed E-state index contributed by atoms with van der Waals surface area (Å²) in [4.78, 5) is 38.5. The minimum Gasteiger partial charge on any atom is -0.462 e. The van der Waals surface area contributed by atoms with E-state index in [-0.39, 0.29) is 37.5 Å². The second-order valence-electron chi connectivity index (χ2n) is 23.4. The lowest BCUT2D eigenvalue weighted by Crippen LogP contribution is -2.30. The molecule has 0 aromatic rings. The van der Waals surface area contributed by atoms with E-state index < -0.39 is 6.10 Å². The van der Waals surface area contributed by atoms with Gasteiger partial charge in [0.05, 0.1) is 0 Å². The number of esters is 3. The molecule has 1 atom stereocenters. The Morgan fingerprint density at radius 3 is 0.771 bits per heavy atom. The Kier molecular flexibility index (Phi) is 67.2. The highest BCUT2D eigenvalue weighted by atomic mass is 16.6. The molecule has 6 nitrogen and oxygen atoms in total. The van der Waals surface area contributed by atoms with Gasteiger partial charge >= 0.3 is 17.9 Å². The van der Waals surface area contributed by atoms with Crippen molar-refractivity contribution >= 4 is 17.9 Å². The monoisotopic (exact) mass is 1150 g/mol. The summed E-state index contributed by atoms with van der Waals surface area (Å²) in [6, 6.07) is 0. The molecule has 476 valence electrons. The number of rotatable bonds is 64. The molecule has 0 aliphatic carbocycles. The molecule has 0 aromatic carbocycles. The van der Waals surface area contributed by atoms with Crippen molar-refractivity contribution in [3.63, 3.8) is 0 Å². The van der Waals surface area contributed by atoms with Gasteiger partial charge in [-0.1, -0.05) is 304 Å². The molecule has 83 heavy (non-hydrogen) atoms. The van der Waals surface area contributed by atoms with Gasteiger partial charge in [-0.25, -0.2) is 0 Å². The zero-order valence-electron chi connectivity index (χ0n) is 54.7. The quantitative estimate of drug-likeness (QED) is 0.0261. The lowest BCUT2D eigenvalue weighted by Gasteiger charge is -2.18. The normalized spacial score (nSPS) is 12.8. The van der Waals surface area contributed by atoms with Gasteiger partial charge in [0.1, 0.15) is 13.2 Å². The maximum atomic E-state index is 12.9. The third-order valence-electron chi connectivity index (χ3n) is 15.2. The fourth-order valence-electron chi connectivity index (χ4n) is 9.94. The second kappa shape index (κ2) is 70.6. The molecule has 0 aliphatic rings. The van der Waals surface area contributed by atoms with Crippen LogP contribution < -0.4 is 0 Å². The molecule has 0 fully saturated rings. The highest BCUT2D eigenvalue weighted by Gasteiger charge is 2.19. The largest absolute Gasteiger partial charge is 0.462 e. The van der Waals surface area contributed by atoms with E-state index in [0.717, 1.165) is 96.3 Å². The molecule has 0 rings (SSSR count). The summed E-state index contributed by atoms with van der Waals surface area (Å²) >= 11 is 0. The van der Waals surface area contributed by atoms with Crippen LogP contribution in [0.1, 0.15) is 342 Å². The molecule has 0 saturated heterocycles. The van der Waals surface area contributed by atoms with Crippen LogP contribution in [0.15, 0.2) is 109 Å². The van der Waals surface area contributed by atoms with Gasteiger partial charge in [-0.3, -0.25) is 14.4 Å². The molecule has 0 heterocycles. The van der Waals surface area contributed by atoms with Crippen LogP contribution in [0, 0.1) is 0 Å². The standard InChI is InChI=1S/C77H132O6/c1-4-7-10-13-16-19-22-25-28-31-34-36-37-38-39-41-43-46-49-52-55-58-61-64-67-70-76(79)82-73-74(72-81-75(78)69-66-63-60-57-54-51-48-45-42-33-30-27-24-21-18-15-12-9-6-3)83-77(80)71-68-65-62-59-56-53-50-47-44-40-35-32-29-26-23-20-17-14-11-8-5-2/h8,11,17,20,22,25-27,29-31,34-35,40,47,50,56,59,74H,4-7,9-10,12-16,18-19,21,23-24,28,32-33,36-39,41-46,48-49,51-55,57-58,60-73H2,1-3H3/b11-8-,20-17-,25-22-,29-26-,30-27-,34-31-,40-35-,50-47-,59-56-. The molecule has 6 heteroatoms. The zero-order valence-corrected chi connectivity index (χ0v) is 54.7. The number of allylic oxidation sites excluding steroid dienone is 18. The summed E-state index contributed by atoms with van der Waals surface area (Å²) in [5.74, 6) is -0.929. The van der Waals surface area contributed by atoms with Crippen LogP contribution in [0.5, 0.6) is 0 Å². The van der Waals surface area contributed by atoms with Crippen molar-refractivity contribution in [3.8, 4) is 0 Å². The number of carbonyl (C=O) groups is 3. The highest BCUT2D eigenvalue weighted by molar-refractivity contribution is 5.71. The van der Waals surface area contributed by atoms with E-state index in [1.54, 1.807) is 0 Å². The van der Waals surface area contributed by atoms with Crippen LogP contribution >= 0.6 is 0 Å². The van der Waals surface area contributed by atoms with Crippen molar-refractivity contribution in [2.75, 3.05) is 13.2 Å². The molecule has 0 spiro atoms. The Morgan fingerprint density at radius 2 is 0.470 bits per heavy atom. The van der Waals surface area contributed by atoms with Crippen LogP contribution in [-0.2, 0) is 28.6 Å². The Morgan fingerprint density at radius 1 is 0.253 bits per heavy atom. The smallest absolute Gasteiger partial charge is 0.306 e. The fraction of sp³-hybridized carbons (Fsp3) is 0.727. The molecular weight excluding hydrogens is 1020 g/mol. The van der Waals surface area contributed by atoms with Crippen LogP contribution in [-0.4, -0.2) is 37.2 Å². The van der Waals surface area contributed by atoms with Gasteiger partial charge in [-0.2, -0.15) is 0 Å². The average molecular weight is 1150 g/mol. The predicted molar refractivity (Wildman–Crippen MR) is 362 cm³/mol. The van der Waals surface area contributed by atoms with E-state index in [1.165, 1.54) is 199 Å². The Bertz CT molecular complexity index is 1660. The first-order chi connectivity index (χ1) is 41.0. The van der Waals surface area contributed by atoms with E-state index in [2.05, 4.69) is 130 Å². The van der Waals surface area contributed by atoms with Crippen LogP contribution in [0.4, 0.5) is 0 Å². The lowest BCUT2D eigenvalue weighted by atomic mass is 10.0. The summed E-state index contributed by atoms with van der Waals surface area (Å²) < 4.78 is 17.0. The SMILES string of the molecule is CC/C=C\C/C=C\C/C=C\C/C=C\C/C=C\C/C=C\CCCCC(=O)OC(COC(=O)CCCCCCCCCCC/C=C\CCCCCCCC)COC(=O)CCCCCCCCCCCCCCC/C=C\C/C=C\CCCCCCC. The van der Waals surface area contributed by atoms with E-state index >= 15 is 0 Å². The van der Waals surface area contributed by atoms with Gasteiger partial charge in [-0.15, -0.1) is 0 Å². The minimum atomic E-state index is -0.806. The first kappa shape index (κ1) is 79.1. The van der Waals surface area contributed by atoms with E-state index in [0.29, 0.717) is 19.3 Å². The number of hydrogen-bond acceptors (Lipinski definition) is 6. The third-order valence-corrected chi connectivity index (χ3v) is 15.2. The van der Waals surface area contributed by atoms with Crippen molar-refractivity contribution in [2.45, 2.75) is 348 Å².